The van der Waals surface area contributed by atoms with E-state index < -0.39 is 0 Å². The third kappa shape index (κ3) is 4.47. The van der Waals surface area contributed by atoms with E-state index in [0.29, 0.717) is 0 Å². The third-order valence-electron chi connectivity index (χ3n) is 4.99. The van der Waals surface area contributed by atoms with Gasteiger partial charge >= 0.3 is 0 Å². The minimum absolute atomic E-state index is 1.15. The predicted octanol–water partition coefficient (Wildman–Crippen LogP) is 7.53. The first-order chi connectivity index (χ1) is 14.2. The van der Waals surface area contributed by atoms with E-state index in [-0.39, 0.29) is 0 Å². The Balaban J connectivity index is 1.93. The van der Waals surface area contributed by atoms with Crippen LogP contribution in [0.3, 0.4) is 0 Å². The van der Waals surface area contributed by atoms with Crippen molar-refractivity contribution in [2.75, 3.05) is 4.90 Å². The molecule has 0 heterocycles. The average molecular weight is 376 g/mol. The van der Waals surface area contributed by atoms with Crippen LogP contribution in [0, 0.1) is 13.8 Å². The molecular formula is C28H25N. The molecule has 0 unspecified atom stereocenters. The average Bonchev–Trinajstić information content (AvgIpc) is 2.76. The summed E-state index contributed by atoms with van der Waals surface area (Å²) in [6.07, 6.45) is 2.26. The van der Waals surface area contributed by atoms with E-state index in [2.05, 4.69) is 134 Å². The summed E-state index contributed by atoms with van der Waals surface area (Å²) in [4.78, 5) is 2.29. The molecule has 0 aliphatic carbocycles. The summed E-state index contributed by atoms with van der Waals surface area (Å²) in [6, 6.07) is 38.5. The lowest BCUT2D eigenvalue weighted by atomic mass is 9.98. The van der Waals surface area contributed by atoms with Crippen molar-refractivity contribution in [1.82, 2.24) is 0 Å². The van der Waals surface area contributed by atoms with E-state index >= 15 is 0 Å². The van der Waals surface area contributed by atoms with Crippen LogP contribution in [-0.4, -0.2) is 0 Å². The second-order valence-electron chi connectivity index (χ2n) is 7.32. The molecule has 142 valence electrons. The second kappa shape index (κ2) is 8.62. The summed E-state index contributed by atoms with van der Waals surface area (Å²) in [6.45, 7) is 4.27. The first-order valence-corrected chi connectivity index (χ1v) is 9.96. The fourth-order valence-electron chi connectivity index (χ4n) is 3.53. The van der Waals surface area contributed by atoms with Crippen LogP contribution in [0.5, 0.6) is 0 Å². The third-order valence-corrected chi connectivity index (χ3v) is 4.99. The van der Waals surface area contributed by atoms with Crippen molar-refractivity contribution in [2.24, 2.45) is 0 Å². The Labute approximate surface area is 173 Å². The van der Waals surface area contributed by atoms with Crippen LogP contribution in [-0.2, 0) is 0 Å². The number of nitrogens with zero attached hydrogens (tertiary/aromatic N) is 1. The molecule has 0 fully saturated rings. The summed E-state index contributed by atoms with van der Waals surface area (Å²) in [5.41, 5.74) is 8.38. The molecule has 0 saturated heterocycles. The standard InChI is InChI=1S/C28H25N/c1-22-11-9-17-26(19-22)29(27-18-10-12-23(2)20-27)21-28(24-13-5-3-6-14-24)25-15-7-4-8-16-25/h3-21H,1-2H3. The Hall–Kier alpha value is -3.58. The predicted molar refractivity (Wildman–Crippen MR) is 124 cm³/mol. The lowest BCUT2D eigenvalue weighted by Gasteiger charge is -2.24. The van der Waals surface area contributed by atoms with E-state index in [0.717, 1.165) is 11.4 Å². The number of aryl methyl sites for hydroxylation is 2. The molecule has 0 aromatic heterocycles. The van der Waals surface area contributed by atoms with E-state index in [4.69, 9.17) is 0 Å². The summed E-state index contributed by atoms with van der Waals surface area (Å²) < 4.78 is 0. The Morgan fingerprint density at radius 1 is 0.552 bits per heavy atom. The molecule has 0 saturated carbocycles. The van der Waals surface area contributed by atoms with E-state index in [1.165, 1.54) is 27.8 Å². The van der Waals surface area contributed by atoms with Crippen molar-refractivity contribution in [1.29, 1.82) is 0 Å². The van der Waals surface area contributed by atoms with E-state index in [1.807, 2.05) is 0 Å². The molecule has 4 aromatic carbocycles. The molecule has 0 spiro atoms. The SMILES string of the molecule is Cc1cccc(N(C=C(c2ccccc2)c2ccccc2)c2cccc(C)c2)c1. The van der Waals surface area contributed by atoms with Crippen molar-refractivity contribution in [2.45, 2.75) is 13.8 Å². The van der Waals surface area contributed by atoms with Gasteiger partial charge in [-0.3, -0.25) is 0 Å². The van der Waals surface area contributed by atoms with Crippen molar-refractivity contribution < 1.29 is 0 Å². The van der Waals surface area contributed by atoms with Gasteiger partial charge in [-0.15, -0.1) is 0 Å². The maximum absolute atomic E-state index is 2.29. The van der Waals surface area contributed by atoms with Crippen LogP contribution < -0.4 is 4.90 Å². The summed E-state index contributed by atoms with van der Waals surface area (Å²) in [5.74, 6) is 0. The molecule has 29 heavy (non-hydrogen) atoms. The summed E-state index contributed by atoms with van der Waals surface area (Å²) in [7, 11) is 0. The van der Waals surface area contributed by atoms with Crippen LogP contribution in [0.1, 0.15) is 22.3 Å². The maximum atomic E-state index is 2.29. The largest absolute Gasteiger partial charge is 0.317 e. The minimum atomic E-state index is 1.15. The fraction of sp³-hybridized carbons (Fsp3) is 0.0714. The minimum Gasteiger partial charge on any atom is -0.317 e. The van der Waals surface area contributed by atoms with Crippen molar-refractivity contribution in [3.63, 3.8) is 0 Å². The van der Waals surface area contributed by atoms with Gasteiger partial charge < -0.3 is 4.90 Å². The smallest absolute Gasteiger partial charge is 0.0458 e. The molecule has 0 aliphatic rings. The molecular weight excluding hydrogens is 350 g/mol. The van der Waals surface area contributed by atoms with Crippen LogP contribution in [0.2, 0.25) is 0 Å². The van der Waals surface area contributed by atoms with Gasteiger partial charge in [-0.1, -0.05) is 84.9 Å². The van der Waals surface area contributed by atoms with Crippen LogP contribution in [0.25, 0.3) is 5.57 Å². The lowest BCUT2D eigenvalue weighted by molar-refractivity contribution is 1.26. The highest BCUT2D eigenvalue weighted by Crippen LogP contribution is 2.32. The van der Waals surface area contributed by atoms with Gasteiger partial charge in [-0.05, 0) is 60.4 Å². The fourth-order valence-corrected chi connectivity index (χ4v) is 3.53. The quantitative estimate of drug-likeness (QED) is 0.348. The van der Waals surface area contributed by atoms with Crippen molar-refractivity contribution in [3.8, 4) is 0 Å². The zero-order valence-corrected chi connectivity index (χ0v) is 16.9. The Morgan fingerprint density at radius 3 is 1.41 bits per heavy atom. The molecule has 1 nitrogen and oxygen atoms in total. The van der Waals surface area contributed by atoms with Crippen LogP contribution in [0.4, 0.5) is 11.4 Å². The van der Waals surface area contributed by atoms with Crippen molar-refractivity contribution >= 4 is 16.9 Å². The molecule has 0 aliphatic heterocycles. The van der Waals surface area contributed by atoms with Gasteiger partial charge in [0, 0.05) is 23.1 Å². The molecule has 0 bridgehead atoms. The molecule has 4 aromatic rings. The highest BCUT2D eigenvalue weighted by Gasteiger charge is 2.12. The monoisotopic (exact) mass is 375 g/mol. The zero-order valence-electron chi connectivity index (χ0n) is 16.9. The van der Waals surface area contributed by atoms with Crippen molar-refractivity contribution in [3.05, 3.63) is 138 Å². The molecule has 1 heteroatoms. The Morgan fingerprint density at radius 2 is 1.00 bits per heavy atom. The molecule has 0 radical (unpaired) electrons. The van der Waals surface area contributed by atoms with Gasteiger partial charge in [0.05, 0.1) is 0 Å². The zero-order chi connectivity index (χ0) is 20.1. The number of benzene rings is 4. The van der Waals surface area contributed by atoms with Gasteiger partial charge in [0.25, 0.3) is 0 Å². The van der Waals surface area contributed by atoms with Gasteiger partial charge in [-0.25, -0.2) is 0 Å². The highest BCUT2D eigenvalue weighted by atomic mass is 15.1. The number of anilines is 2. The van der Waals surface area contributed by atoms with Crippen LogP contribution >= 0.6 is 0 Å². The van der Waals surface area contributed by atoms with Gasteiger partial charge in [0.15, 0.2) is 0 Å². The summed E-state index contributed by atoms with van der Waals surface area (Å²) in [5, 5.41) is 0. The van der Waals surface area contributed by atoms with Gasteiger partial charge in [-0.2, -0.15) is 0 Å². The topological polar surface area (TPSA) is 3.24 Å². The van der Waals surface area contributed by atoms with Gasteiger partial charge in [0.2, 0.25) is 0 Å². The number of hydrogen-bond donors (Lipinski definition) is 0. The van der Waals surface area contributed by atoms with E-state index in [9.17, 15) is 0 Å². The molecule has 0 N–H and O–H groups in total. The normalized spacial score (nSPS) is 10.4. The first kappa shape index (κ1) is 18.8. The number of hydrogen-bond acceptors (Lipinski definition) is 1. The molecule has 0 atom stereocenters. The number of rotatable bonds is 5. The molecule has 4 rings (SSSR count). The lowest BCUT2D eigenvalue weighted by Crippen LogP contribution is -2.10. The first-order valence-electron chi connectivity index (χ1n) is 9.96. The van der Waals surface area contributed by atoms with Gasteiger partial charge in [0.1, 0.15) is 0 Å². The highest BCUT2D eigenvalue weighted by molar-refractivity contribution is 5.84. The Bertz CT molecular complexity index is 1020. The molecule has 0 amide bonds. The second-order valence-corrected chi connectivity index (χ2v) is 7.32. The maximum Gasteiger partial charge on any atom is 0.0458 e. The Kier molecular flexibility index (Phi) is 5.58. The van der Waals surface area contributed by atoms with E-state index in [1.54, 1.807) is 0 Å². The summed E-state index contributed by atoms with van der Waals surface area (Å²) >= 11 is 0. The van der Waals surface area contributed by atoms with Crippen LogP contribution in [0.15, 0.2) is 115 Å².